The number of likely N-dealkylation sites (tertiary alicyclic amines) is 2. The molecule has 2 aromatic heterocycles. The number of aliphatic hydroxyl groups excluding tert-OH is 1. The van der Waals surface area contributed by atoms with Crippen LogP contribution in [0.4, 0.5) is 21.6 Å². The second kappa shape index (κ2) is 27.0. The molecule has 0 bridgehead atoms. The van der Waals surface area contributed by atoms with E-state index in [1.165, 1.54) is 36.5 Å². The van der Waals surface area contributed by atoms with Crippen LogP contribution in [0.2, 0.25) is 5.02 Å². The number of aryl methyl sites for hydroxylation is 1. The number of nitrogens with one attached hydrogen (secondary N) is 4. The molecule has 5 N–H and O–H groups in total. The van der Waals surface area contributed by atoms with E-state index >= 15 is 0 Å². The van der Waals surface area contributed by atoms with E-state index in [0.717, 1.165) is 60.7 Å². The van der Waals surface area contributed by atoms with Crippen LogP contribution in [0, 0.1) is 18.2 Å². The monoisotopic (exact) mass is 1130 g/mol. The largest absolute Gasteiger partial charge is 0.494 e. The van der Waals surface area contributed by atoms with Gasteiger partial charge in [0.25, 0.3) is 0 Å². The SMILES string of the molecule is COc1cc2ncnc(Nc3ccc(F)c(Cl)c3)c2cc1NC(=O)/C=C/CN1CCC(N2CCN(C(=O)COCCOCC(=O)N[C@H](C(=O)N3C[C@H](O)C[C@H]3C(=O)NCc3ccc(-c4scnc4C)cc3)C(C)(C)C)CC2)CC1. The van der Waals surface area contributed by atoms with Gasteiger partial charge in [-0.05, 0) is 73.7 Å². The Morgan fingerprint density at radius 3 is 2.35 bits per heavy atom. The van der Waals surface area contributed by atoms with Gasteiger partial charge in [0.1, 0.15) is 49.0 Å². The molecule has 5 heterocycles. The molecule has 8 rings (SSSR count). The number of piperazine rings is 1. The van der Waals surface area contributed by atoms with Crippen molar-refractivity contribution in [3.63, 3.8) is 0 Å². The highest BCUT2D eigenvalue weighted by Gasteiger charge is 2.44. The summed E-state index contributed by atoms with van der Waals surface area (Å²) in [5.74, 6) is -1.50. The zero-order chi connectivity index (χ0) is 56.2. The molecule has 3 saturated heterocycles. The predicted molar refractivity (Wildman–Crippen MR) is 299 cm³/mol. The molecule has 0 spiro atoms. The van der Waals surface area contributed by atoms with Crippen molar-refractivity contribution in [2.45, 2.75) is 77.7 Å². The molecule has 3 fully saturated rings. The Hall–Kier alpha value is -6.66. The molecule has 20 nitrogen and oxygen atoms in total. The lowest BCUT2D eigenvalue weighted by Gasteiger charge is -2.42. The van der Waals surface area contributed by atoms with Crippen LogP contribution < -0.4 is 26.0 Å². The number of halogens is 2. The number of hydrogen-bond acceptors (Lipinski definition) is 16. The van der Waals surface area contributed by atoms with Crippen LogP contribution in [-0.4, -0.2) is 179 Å². The highest BCUT2D eigenvalue weighted by Crippen LogP contribution is 2.34. The minimum atomic E-state index is -1.00. The van der Waals surface area contributed by atoms with Crippen molar-refractivity contribution in [3.8, 4) is 16.2 Å². The number of amides is 5. The van der Waals surface area contributed by atoms with Gasteiger partial charge in [-0.1, -0.05) is 62.7 Å². The molecule has 0 unspecified atom stereocenters. The van der Waals surface area contributed by atoms with E-state index < -0.39 is 47.1 Å². The fraction of sp³-hybridized carbons (Fsp3) is 0.464. The third kappa shape index (κ3) is 15.6. The second-order valence-electron chi connectivity index (χ2n) is 20.9. The number of carbonyl (C=O) groups excluding carboxylic acids is 5. The molecular formula is C56H69ClFN11O9S. The number of ether oxygens (including phenoxy) is 3. The lowest BCUT2D eigenvalue weighted by atomic mass is 9.85. The third-order valence-corrected chi connectivity index (χ3v) is 15.6. The van der Waals surface area contributed by atoms with Crippen molar-refractivity contribution >= 4 is 80.6 Å². The van der Waals surface area contributed by atoms with E-state index in [4.69, 9.17) is 25.8 Å². The summed E-state index contributed by atoms with van der Waals surface area (Å²) in [6, 6.07) is 14.0. The van der Waals surface area contributed by atoms with Gasteiger partial charge in [-0.25, -0.2) is 19.3 Å². The van der Waals surface area contributed by atoms with Gasteiger partial charge in [-0.15, -0.1) is 11.3 Å². The molecule has 23 heteroatoms. The average molecular weight is 1130 g/mol. The number of benzene rings is 3. The average Bonchev–Trinajstić information content (AvgIpc) is 4.09. The first kappa shape index (κ1) is 58.5. The minimum Gasteiger partial charge on any atom is -0.494 e. The molecule has 0 aliphatic carbocycles. The zero-order valence-electron chi connectivity index (χ0n) is 45.1. The number of β-amino-alcohol motifs (C(OH)–C–C–N with tert-alkyl or cyclic N) is 1. The predicted octanol–water partition coefficient (Wildman–Crippen LogP) is 5.55. The highest BCUT2D eigenvalue weighted by atomic mass is 35.5. The van der Waals surface area contributed by atoms with E-state index in [1.54, 1.807) is 39.9 Å². The molecule has 3 aliphatic heterocycles. The maximum absolute atomic E-state index is 14.0. The number of aromatic nitrogens is 3. The van der Waals surface area contributed by atoms with Crippen molar-refractivity contribution in [1.29, 1.82) is 0 Å². The van der Waals surface area contributed by atoms with E-state index in [9.17, 15) is 33.5 Å². The molecule has 5 amide bonds. The normalized spacial score (nSPS) is 18.0. The Bertz CT molecular complexity index is 2980. The zero-order valence-corrected chi connectivity index (χ0v) is 46.7. The Kier molecular flexibility index (Phi) is 20.0. The summed E-state index contributed by atoms with van der Waals surface area (Å²) in [5.41, 5.74) is 5.48. The third-order valence-electron chi connectivity index (χ3n) is 14.3. The molecule has 79 heavy (non-hydrogen) atoms. The van der Waals surface area contributed by atoms with Crippen LogP contribution in [0.25, 0.3) is 21.3 Å². The topological polar surface area (TPSA) is 233 Å². The number of rotatable bonds is 21. The van der Waals surface area contributed by atoms with Crippen molar-refractivity contribution in [3.05, 3.63) is 101 Å². The van der Waals surface area contributed by atoms with Crippen LogP contribution in [0.5, 0.6) is 5.75 Å². The van der Waals surface area contributed by atoms with E-state index in [2.05, 4.69) is 46.0 Å². The van der Waals surface area contributed by atoms with Gasteiger partial charge in [0.2, 0.25) is 29.5 Å². The van der Waals surface area contributed by atoms with Crippen molar-refractivity contribution in [2.75, 3.05) is 96.5 Å². The molecule has 0 radical (unpaired) electrons. The fourth-order valence-corrected chi connectivity index (χ4v) is 11.0. The summed E-state index contributed by atoms with van der Waals surface area (Å²) in [4.78, 5) is 88.7. The standard InChI is InChI=1S/C56H69ClFN11O9S/c1-35-51(79-34-62-35)37-10-8-36(9-11-37)29-59-54(74)46-26-40(70)30-69(46)55(75)52(56(2,3)4)65-49(72)31-77-23-24-78-32-50(73)68-21-19-67(20-22-68)39-14-17-66(18-15-39)16-6-7-48(71)64-45-27-41-44(28-47(45)76-5)60-33-61-53(41)63-38-12-13-43(58)42(57)25-38/h6-13,25,27-28,33-34,39-40,46,52,70H,14-24,26,29-32H2,1-5H3,(H,59,74)(H,64,71)(H,65,72)(H,60,61,63)/b7-6+/t40-,46+,52-/m1/s1. The Morgan fingerprint density at radius 1 is 0.937 bits per heavy atom. The van der Waals surface area contributed by atoms with Crippen LogP contribution in [0.1, 0.15) is 51.3 Å². The van der Waals surface area contributed by atoms with E-state index in [0.29, 0.717) is 59.5 Å². The summed E-state index contributed by atoms with van der Waals surface area (Å²) in [5, 5.41) is 22.9. The smallest absolute Gasteiger partial charge is 0.248 e. The molecule has 3 aromatic carbocycles. The highest BCUT2D eigenvalue weighted by molar-refractivity contribution is 7.13. The summed E-state index contributed by atoms with van der Waals surface area (Å²) in [6.45, 7) is 12.3. The molecule has 5 aromatic rings. The van der Waals surface area contributed by atoms with Gasteiger partial charge in [0.05, 0.1) is 58.7 Å². The van der Waals surface area contributed by atoms with Gasteiger partial charge in [0, 0.05) is 81.5 Å². The number of aliphatic hydroxyl groups is 1. The van der Waals surface area contributed by atoms with Crippen LogP contribution >= 0.6 is 22.9 Å². The number of thiazole rings is 1. The van der Waals surface area contributed by atoms with E-state index in [1.807, 2.05) is 58.0 Å². The first-order valence-electron chi connectivity index (χ1n) is 26.4. The fourth-order valence-electron chi connectivity index (χ4n) is 9.96. The number of hydrogen-bond donors (Lipinski definition) is 5. The summed E-state index contributed by atoms with van der Waals surface area (Å²) >= 11 is 7.54. The number of nitrogens with zero attached hydrogens (tertiary/aromatic N) is 7. The van der Waals surface area contributed by atoms with Crippen LogP contribution in [-0.2, 0) is 40.0 Å². The quantitative estimate of drug-likeness (QED) is 0.0448. The Morgan fingerprint density at radius 2 is 1.67 bits per heavy atom. The molecule has 0 saturated carbocycles. The molecule has 422 valence electrons. The first-order chi connectivity index (χ1) is 37.9. The maximum atomic E-state index is 14.0. The van der Waals surface area contributed by atoms with Gasteiger partial charge >= 0.3 is 0 Å². The summed E-state index contributed by atoms with van der Waals surface area (Å²) < 4.78 is 30.5. The van der Waals surface area contributed by atoms with Gasteiger partial charge < -0.3 is 50.4 Å². The van der Waals surface area contributed by atoms with Gasteiger partial charge in [0.15, 0.2) is 0 Å². The number of anilines is 3. The van der Waals surface area contributed by atoms with Gasteiger partial charge in [-0.3, -0.25) is 33.8 Å². The maximum Gasteiger partial charge on any atom is 0.248 e. The van der Waals surface area contributed by atoms with Crippen LogP contribution in [0.3, 0.4) is 0 Å². The second-order valence-corrected chi connectivity index (χ2v) is 22.2. The lowest BCUT2D eigenvalue weighted by molar-refractivity contribution is -0.144. The molecule has 3 atom stereocenters. The summed E-state index contributed by atoms with van der Waals surface area (Å²) in [6.07, 6.45) is 5.86. The van der Waals surface area contributed by atoms with Gasteiger partial charge in [-0.2, -0.15) is 0 Å². The number of carbonyl (C=O) groups is 5. The van der Waals surface area contributed by atoms with Crippen molar-refractivity contribution in [2.24, 2.45) is 5.41 Å². The van der Waals surface area contributed by atoms with E-state index in [-0.39, 0.29) is 62.8 Å². The minimum absolute atomic E-state index is 0.0315. The molecular weight excluding hydrogens is 1060 g/mol. The number of methoxy groups -OCH3 is 1. The number of piperidine rings is 1. The first-order valence-corrected chi connectivity index (χ1v) is 27.7. The summed E-state index contributed by atoms with van der Waals surface area (Å²) in [7, 11) is 1.51. The lowest BCUT2D eigenvalue weighted by Crippen LogP contribution is -2.58. The van der Waals surface area contributed by atoms with Crippen molar-refractivity contribution in [1.82, 2.24) is 45.2 Å². The number of fused-ring (bicyclic) bond motifs is 1. The Balaban J connectivity index is 0.695. The van der Waals surface area contributed by atoms with Crippen molar-refractivity contribution < 1.29 is 47.7 Å². The Labute approximate surface area is 468 Å². The molecule has 3 aliphatic rings. The van der Waals surface area contributed by atoms with Crippen LogP contribution in [0.15, 0.2) is 78.6 Å².